The summed E-state index contributed by atoms with van der Waals surface area (Å²) < 4.78 is 10.6. The predicted octanol–water partition coefficient (Wildman–Crippen LogP) is 2.38. The molecule has 4 rings (SSSR count). The van der Waals surface area contributed by atoms with Crippen LogP contribution in [0.4, 0.5) is 5.69 Å². The number of nitrogens with zero attached hydrogens (tertiary/aromatic N) is 2. The van der Waals surface area contributed by atoms with Gasteiger partial charge in [-0.05, 0) is 29.8 Å². The number of anilines is 1. The van der Waals surface area contributed by atoms with Crippen LogP contribution in [0.3, 0.4) is 0 Å². The maximum Gasteiger partial charge on any atom is 0.231 e. The van der Waals surface area contributed by atoms with Gasteiger partial charge in [-0.25, -0.2) is 4.98 Å². The number of carbonyl (C=O) groups excluding carboxylic acids is 1. The third-order valence-corrected chi connectivity index (χ3v) is 3.64. The Kier molecular flexibility index (Phi) is 3.59. The Balaban J connectivity index is 1.45. The van der Waals surface area contributed by atoms with Gasteiger partial charge in [-0.2, -0.15) is 5.10 Å². The number of hydrogen-bond acceptors (Lipinski definition) is 5. The van der Waals surface area contributed by atoms with Crippen LogP contribution in [0.25, 0.3) is 11.4 Å². The van der Waals surface area contributed by atoms with E-state index in [1.165, 1.54) is 6.33 Å². The minimum atomic E-state index is -0.108. The summed E-state index contributed by atoms with van der Waals surface area (Å²) in [5, 5.41) is 9.51. The van der Waals surface area contributed by atoms with E-state index < -0.39 is 0 Å². The molecule has 3 aromatic rings. The summed E-state index contributed by atoms with van der Waals surface area (Å²) in [5.41, 5.74) is 2.42. The van der Waals surface area contributed by atoms with Crippen molar-refractivity contribution < 1.29 is 14.3 Å². The molecule has 1 amide bonds. The van der Waals surface area contributed by atoms with Crippen LogP contribution >= 0.6 is 0 Å². The lowest BCUT2D eigenvalue weighted by molar-refractivity contribution is -0.115. The van der Waals surface area contributed by atoms with Crippen LogP contribution in [-0.2, 0) is 11.2 Å². The fraction of sp³-hybridized carbons (Fsp3) is 0.118. The van der Waals surface area contributed by atoms with Gasteiger partial charge in [0.15, 0.2) is 17.3 Å². The normalized spacial score (nSPS) is 12.2. The monoisotopic (exact) mass is 322 g/mol. The van der Waals surface area contributed by atoms with Gasteiger partial charge in [-0.3, -0.25) is 9.89 Å². The molecule has 7 heteroatoms. The molecule has 0 bridgehead atoms. The fourth-order valence-electron chi connectivity index (χ4n) is 2.53. The maximum absolute atomic E-state index is 12.3. The van der Waals surface area contributed by atoms with Gasteiger partial charge < -0.3 is 14.8 Å². The number of benzene rings is 2. The van der Waals surface area contributed by atoms with Crippen LogP contribution in [0.1, 0.15) is 5.56 Å². The van der Waals surface area contributed by atoms with Crippen molar-refractivity contribution in [3.8, 4) is 22.9 Å². The Hall–Kier alpha value is -3.35. The molecule has 0 spiro atoms. The van der Waals surface area contributed by atoms with Crippen molar-refractivity contribution in [1.82, 2.24) is 15.2 Å². The zero-order chi connectivity index (χ0) is 16.4. The summed E-state index contributed by atoms with van der Waals surface area (Å²) in [7, 11) is 0. The highest BCUT2D eigenvalue weighted by molar-refractivity contribution is 5.92. The Morgan fingerprint density at radius 1 is 1.17 bits per heavy atom. The summed E-state index contributed by atoms with van der Waals surface area (Å²) in [4.78, 5) is 16.4. The topological polar surface area (TPSA) is 89.1 Å². The van der Waals surface area contributed by atoms with Gasteiger partial charge in [0.25, 0.3) is 0 Å². The lowest BCUT2D eigenvalue weighted by Gasteiger charge is -2.07. The van der Waals surface area contributed by atoms with Crippen molar-refractivity contribution in [3.05, 3.63) is 54.4 Å². The summed E-state index contributed by atoms with van der Waals surface area (Å²) in [6.45, 7) is 0.222. The van der Waals surface area contributed by atoms with Crippen LogP contribution in [0.15, 0.2) is 48.8 Å². The number of nitrogens with one attached hydrogen (secondary N) is 2. The van der Waals surface area contributed by atoms with Crippen LogP contribution in [-0.4, -0.2) is 27.9 Å². The van der Waals surface area contributed by atoms with Gasteiger partial charge in [-0.15, -0.1) is 0 Å². The molecule has 0 saturated heterocycles. The number of aromatic nitrogens is 3. The first-order chi connectivity index (χ1) is 11.8. The van der Waals surface area contributed by atoms with Crippen molar-refractivity contribution in [2.45, 2.75) is 6.42 Å². The van der Waals surface area contributed by atoms with E-state index in [-0.39, 0.29) is 19.1 Å². The van der Waals surface area contributed by atoms with E-state index in [2.05, 4.69) is 20.5 Å². The first kappa shape index (κ1) is 14.3. The summed E-state index contributed by atoms with van der Waals surface area (Å²) in [5.74, 6) is 1.93. The Bertz CT molecular complexity index is 877. The highest BCUT2D eigenvalue weighted by atomic mass is 16.7. The van der Waals surface area contributed by atoms with Crippen LogP contribution in [0.2, 0.25) is 0 Å². The number of carbonyl (C=O) groups is 1. The van der Waals surface area contributed by atoms with E-state index in [1.54, 1.807) is 0 Å². The SMILES string of the molecule is O=C(Cc1ccc2c(c1)OCO2)Nc1cccc(-c2ncn[nH]2)c1. The van der Waals surface area contributed by atoms with Gasteiger partial charge in [0.2, 0.25) is 12.7 Å². The molecule has 1 aromatic heterocycles. The second-order valence-electron chi connectivity index (χ2n) is 5.33. The molecule has 2 heterocycles. The molecule has 0 saturated carbocycles. The maximum atomic E-state index is 12.3. The van der Waals surface area contributed by atoms with Crippen molar-refractivity contribution >= 4 is 11.6 Å². The second-order valence-corrected chi connectivity index (χ2v) is 5.33. The van der Waals surface area contributed by atoms with E-state index >= 15 is 0 Å². The molecule has 7 nitrogen and oxygen atoms in total. The van der Waals surface area contributed by atoms with Crippen molar-refractivity contribution in [2.75, 3.05) is 12.1 Å². The van der Waals surface area contributed by atoms with E-state index in [0.717, 1.165) is 11.1 Å². The standard InChI is InChI=1S/C17H14N4O3/c22-16(7-11-4-5-14-15(6-11)24-10-23-14)20-13-3-1-2-12(8-13)17-18-9-19-21-17/h1-6,8-9H,7,10H2,(H,20,22)(H,18,19,21). The minimum Gasteiger partial charge on any atom is -0.454 e. The predicted molar refractivity (Wildman–Crippen MR) is 86.7 cm³/mol. The summed E-state index contributed by atoms with van der Waals surface area (Å²) >= 11 is 0. The molecule has 0 radical (unpaired) electrons. The van der Waals surface area contributed by atoms with Crippen LogP contribution < -0.4 is 14.8 Å². The molecule has 0 fully saturated rings. The second kappa shape index (κ2) is 6.04. The highest BCUT2D eigenvalue weighted by Gasteiger charge is 2.14. The quantitative estimate of drug-likeness (QED) is 0.770. The Morgan fingerprint density at radius 2 is 2.08 bits per heavy atom. The average Bonchev–Trinajstić information content (AvgIpc) is 3.26. The van der Waals surface area contributed by atoms with E-state index in [9.17, 15) is 4.79 Å². The fourth-order valence-corrected chi connectivity index (χ4v) is 2.53. The van der Waals surface area contributed by atoms with Crippen molar-refractivity contribution in [1.29, 1.82) is 0 Å². The Labute approximate surface area is 137 Å². The number of H-pyrrole nitrogens is 1. The number of ether oxygens (including phenoxy) is 2. The van der Waals surface area contributed by atoms with Gasteiger partial charge in [0.05, 0.1) is 6.42 Å². The van der Waals surface area contributed by atoms with Gasteiger partial charge >= 0.3 is 0 Å². The number of hydrogen-bond donors (Lipinski definition) is 2. The van der Waals surface area contributed by atoms with Gasteiger partial charge in [-0.1, -0.05) is 18.2 Å². The molecule has 1 aliphatic heterocycles. The van der Waals surface area contributed by atoms with Gasteiger partial charge in [0.1, 0.15) is 6.33 Å². The Morgan fingerprint density at radius 3 is 2.96 bits per heavy atom. The molecular formula is C17H14N4O3. The molecule has 2 N–H and O–H groups in total. The summed E-state index contributed by atoms with van der Waals surface area (Å²) in [6.07, 6.45) is 1.70. The summed E-state index contributed by atoms with van der Waals surface area (Å²) in [6, 6.07) is 12.9. The molecule has 24 heavy (non-hydrogen) atoms. The number of fused-ring (bicyclic) bond motifs is 1. The molecule has 2 aromatic carbocycles. The minimum absolute atomic E-state index is 0.108. The van der Waals surface area contributed by atoms with Crippen molar-refractivity contribution in [2.24, 2.45) is 0 Å². The van der Waals surface area contributed by atoms with Crippen molar-refractivity contribution in [3.63, 3.8) is 0 Å². The molecular weight excluding hydrogens is 308 g/mol. The zero-order valence-corrected chi connectivity index (χ0v) is 12.7. The first-order valence-electron chi connectivity index (χ1n) is 7.42. The number of rotatable bonds is 4. The molecule has 1 aliphatic rings. The molecule has 0 atom stereocenters. The highest BCUT2D eigenvalue weighted by Crippen LogP contribution is 2.32. The van der Waals surface area contributed by atoms with Gasteiger partial charge in [0, 0.05) is 11.3 Å². The largest absolute Gasteiger partial charge is 0.454 e. The van der Waals surface area contributed by atoms with E-state index in [1.807, 2.05) is 42.5 Å². The molecule has 0 unspecified atom stereocenters. The molecule has 0 aliphatic carbocycles. The van der Waals surface area contributed by atoms with Crippen LogP contribution in [0, 0.1) is 0 Å². The number of aromatic amines is 1. The lowest BCUT2D eigenvalue weighted by atomic mass is 10.1. The molecule has 120 valence electrons. The average molecular weight is 322 g/mol. The van der Waals surface area contributed by atoms with E-state index in [0.29, 0.717) is 23.0 Å². The van der Waals surface area contributed by atoms with E-state index in [4.69, 9.17) is 9.47 Å². The third-order valence-electron chi connectivity index (χ3n) is 3.64. The lowest BCUT2D eigenvalue weighted by Crippen LogP contribution is -2.14. The third kappa shape index (κ3) is 2.91. The first-order valence-corrected chi connectivity index (χ1v) is 7.42. The zero-order valence-electron chi connectivity index (χ0n) is 12.7. The van der Waals surface area contributed by atoms with Crippen LogP contribution in [0.5, 0.6) is 11.5 Å². The number of amides is 1. The smallest absolute Gasteiger partial charge is 0.231 e.